The fraction of sp³-hybridized carbons (Fsp3) is 0.556. The minimum atomic E-state index is -0.569. The SMILES string of the molecule is CN(Cc1cccc(Cl)c1)C(=O)C1CCCN1C(=O)OC(C)(C)C. The normalized spacial score (nSPS) is 17.7. The Morgan fingerprint density at radius 3 is 2.71 bits per heavy atom. The summed E-state index contributed by atoms with van der Waals surface area (Å²) in [5, 5.41) is 0.643. The quantitative estimate of drug-likeness (QED) is 0.833. The Hall–Kier alpha value is -1.75. The standard InChI is InChI=1S/C18H25ClN2O3/c1-18(2,3)24-17(23)21-10-6-9-15(21)16(22)20(4)12-13-7-5-8-14(19)11-13/h5,7-8,11,15H,6,9-10,12H2,1-4H3. The van der Waals surface area contributed by atoms with E-state index >= 15 is 0 Å². The van der Waals surface area contributed by atoms with Crippen molar-refractivity contribution in [1.29, 1.82) is 0 Å². The molecule has 5 nitrogen and oxygen atoms in total. The van der Waals surface area contributed by atoms with E-state index in [1.807, 2.05) is 39.0 Å². The third-order valence-electron chi connectivity index (χ3n) is 3.85. The maximum atomic E-state index is 12.8. The molecule has 1 aromatic carbocycles. The lowest BCUT2D eigenvalue weighted by atomic mass is 10.1. The van der Waals surface area contributed by atoms with Crippen molar-refractivity contribution >= 4 is 23.6 Å². The van der Waals surface area contributed by atoms with Crippen LogP contribution < -0.4 is 0 Å². The lowest BCUT2D eigenvalue weighted by Crippen LogP contribution is -2.47. The molecule has 6 heteroatoms. The average Bonchev–Trinajstić information content (AvgIpc) is 2.94. The minimum absolute atomic E-state index is 0.0710. The Morgan fingerprint density at radius 1 is 1.38 bits per heavy atom. The molecule has 1 aromatic rings. The maximum Gasteiger partial charge on any atom is 0.410 e. The highest BCUT2D eigenvalue weighted by molar-refractivity contribution is 6.30. The minimum Gasteiger partial charge on any atom is -0.444 e. The Morgan fingerprint density at radius 2 is 2.08 bits per heavy atom. The molecule has 1 saturated heterocycles. The van der Waals surface area contributed by atoms with Crippen LogP contribution in [0.15, 0.2) is 24.3 Å². The third kappa shape index (κ3) is 4.87. The summed E-state index contributed by atoms with van der Waals surface area (Å²) in [7, 11) is 1.74. The van der Waals surface area contributed by atoms with Crippen LogP contribution in [0.1, 0.15) is 39.2 Å². The van der Waals surface area contributed by atoms with Crippen LogP contribution >= 0.6 is 11.6 Å². The highest BCUT2D eigenvalue weighted by atomic mass is 35.5. The highest BCUT2D eigenvalue weighted by Gasteiger charge is 2.37. The van der Waals surface area contributed by atoms with Crippen molar-refractivity contribution in [3.8, 4) is 0 Å². The monoisotopic (exact) mass is 352 g/mol. The Labute approximate surface area is 148 Å². The number of hydrogen-bond donors (Lipinski definition) is 0. The van der Waals surface area contributed by atoms with Crippen molar-refractivity contribution in [2.45, 2.75) is 51.8 Å². The molecule has 0 aromatic heterocycles. The van der Waals surface area contributed by atoms with Gasteiger partial charge in [-0.3, -0.25) is 9.69 Å². The smallest absolute Gasteiger partial charge is 0.410 e. The van der Waals surface area contributed by atoms with Crippen molar-refractivity contribution in [3.05, 3.63) is 34.9 Å². The number of benzene rings is 1. The van der Waals surface area contributed by atoms with E-state index in [1.165, 1.54) is 0 Å². The van der Waals surface area contributed by atoms with Gasteiger partial charge >= 0.3 is 6.09 Å². The van der Waals surface area contributed by atoms with Gasteiger partial charge in [-0.15, -0.1) is 0 Å². The van der Waals surface area contributed by atoms with E-state index in [4.69, 9.17) is 16.3 Å². The van der Waals surface area contributed by atoms with Gasteiger partial charge in [0.2, 0.25) is 5.91 Å². The third-order valence-corrected chi connectivity index (χ3v) is 4.09. The van der Waals surface area contributed by atoms with Gasteiger partial charge in [0, 0.05) is 25.2 Å². The average molecular weight is 353 g/mol. The van der Waals surface area contributed by atoms with Gasteiger partial charge in [-0.1, -0.05) is 23.7 Å². The zero-order valence-electron chi connectivity index (χ0n) is 14.7. The second-order valence-electron chi connectivity index (χ2n) is 7.16. The van der Waals surface area contributed by atoms with E-state index in [1.54, 1.807) is 22.9 Å². The highest BCUT2D eigenvalue weighted by Crippen LogP contribution is 2.23. The number of ether oxygens (including phenoxy) is 1. The number of amides is 2. The van der Waals surface area contributed by atoms with Gasteiger partial charge in [-0.2, -0.15) is 0 Å². The number of nitrogens with zero attached hydrogens (tertiary/aromatic N) is 2. The van der Waals surface area contributed by atoms with Gasteiger partial charge in [0.05, 0.1) is 0 Å². The van der Waals surface area contributed by atoms with Crippen LogP contribution in [0.25, 0.3) is 0 Å². The maximum absolute atomic E-state index is 12.8. The molecular formula is C18H25ClN2O3. The Balaban J connectivity index is 2.03. The fourth-order valence-corrected chi connectivity index (χ4v) is 3.02. The summed E-state index contributed by atoms with van der Waals surface area (Å²) in [6.45, 7) is 6.48. The zero-order chi connectivity index (χ0) is 17.9. The van der Waals surface area contributed by atoms with Crippen LogP contribution in [0, 0.1) is 0 Å². The molecule has 132 valence electrons. The number of hydrogen-bond acceptors (Lipinski definition) is 3. The van der Waals surface area contributed by atoms with E-state index in [0.717, 1.165) is 12.0 Å². The molecule has 1 fully saturated rings. The second-order valence-corrected chi connectivity index (χ2v) is 7.59. The lowest BCUT2D eigenvalue weighted by Gasteiger charge is -2.30. The summed E-state index contributed by atoms with van der Waals surface area (Å²) < 4.78 is 5.41. The molecule has 0 radical (unpaired) electrons. The first-order chi connectivity index (χ1) is 11.2. The van der Waals surface area contributed by atoms with Gasteiger partial charge in [0.25, 0.3) is 0 Å². The predicted octanol–water partition coefficient (Wildman–Crippen LogP) is 3.70. The predicted molar refractivity (Wildman–Crippen MR) is 93.9 cm³/mol. The van der Waals surface area contributed by atoms with Crippen LogP contribution in [0.5, 0.6) is 0 Å². The molecule has 2 amide bonds. The Kier molecular flexibility index (Phi) is 5.75. The summed E-state index contributed by atoms with van der Waals surface area (Å²) in [4.78, 5) is 28.3. The van der Waals surface area contributed by atoms with E-state index in [2.05, 4.69) is 0 Å². The molecular weight excluding hydrogens is 328 g/mol. The van der Waals surface area contributed by atoms with Crippen LogP contribution in [0.3, 0.4) is 0 Å². The second kappa shape index (κ2) is 7.43. The summed E-state index contributed by atoms with van der Waals surface area (Å²) in [6.07, 6.45) is 1.05. The number of halogens is 1. The van der Waals surface area contributed by atoms with Crippen molar-refractivity contribution < 1.29 is 14.3 Å². The van der Waals surface area contributed by atoms with Gasteiger partial charge < -0.3 is 9.64 Å². The molecule has 0 aliphatic carbocycles. The van der Waals surface area contributed by atoms with Crippen LogP contribution in [-0.4, -0.2) is 47.0 Å². The number of rotatable bonds is 3. The molecule has 0 spiro atoms. The van der Waals surface area contributed by atoms with E-state index in [0.29, 0.717) is 24.5 Å². The van der Waals surface area contributed by atoms with Crippen LogP contribution in [-0.2, 0) is 16.1 Å². The molecule has 1 aliphatic heterocycles. The molecule has 1 atom stereocenters. The summed E-state index contributed by atoms with van der Waals surface area (Å²) >= 11 is 5.99. The molecule has 1 unspecified atom stereocenters. The first-order valence-electron chi connectivity index (χ1n) is 8.16. The largest absolute Gasteiger partial charge is 0.444 e. The molecule has 0 saturated carbocycles. The van der Waals surface area contributed by atoms with Gasteiger partial charge in [-0.25, -0.2) is 4.79 Å². The van der Waals surface area contributed by atoms with Crippen molar-refractivity contribution in [2.75, 3.05) is 13.6 Å². The number of likely N-dealkylation sites (N-methyl/N-ethyl adjacent to an activating group) is 1. The van der Waals surface area contributed by atoms with Crippen molar-refractivity contribution in [1.82, 2.24) is 9.80 Å². The van der Waals surface area contributed by atoms with Gasteiger partial charge in [0.15, 0.2) is 0 Å². The lowest BCUT2D eigenvalue weighted by molar-refractivity contribution is -0.135. The van der Waals surface area contributed by atoms with Crippen molar-refractivity contribution in [3.63, 3.8) is 0 Å². The molecule has 24 heavy (non-hydrogen) atoms. The summed E-state index contributed by atoms with van der Waals surface area (Å²) in [6, 6.07) is 6.97. The number of carbonyl (C=O) groups is 2. The number of carbonyl (C=O) groups excluding carboxylic acids is 2. The first kappa shape index (κ1) is 18.6. The summed E-state index contributed by atoms with van der Waals surface area (Å²) in [5.41, 5.74) is 0.389. The molecule has 0 N–H and O–H groups in total. The van der Waals surface area contributed by atoms with E-state index < -0.39 is 17.7 Å². The van der Waals surface area contributed by atoms with Crippen LogP contribution in [0.4, 0.5) is 4.79 Å². The van der Waals surface area contributed by atoms with Gasteiger partial charge in [0.1, 0.15) is 11.6 Å². The Bertz CT molecular complexity index is 613. The van der Waals surface area contributed by atoms with E-state index in [9.17, 15) is 9.59 Å². The topological polar surface area (TPSA) is 49.9 Å². The molecule has 0 bridgehead atoms. The molecule has 1 heterocycles. The first-order valence-corrected chi connectivity index (χ1v) is 8.54. The zero-order valence-corrected chi connectivity index (χ0v) is 15.5. The molecule has 1 aliphatic rings. The van der Waals surface area contributed by atoms with Crippen LogP contribution in [0.2, 0.25) is 5.02 Å². The number of likely N-dealkylation sites (tertiary alicyclic amines) is 1. The van der Waals surface area contributed by atoms with Gasteiger partial charge in [-0.05, 0) is 51.3 Å². The molecule has 2 rings (SSSR count). The summed E-state index contributed by atoms with van der Waals surface area (Å²) in [5.74, 6) is -0.0710. The van der Waals surface area contributed by atoms with Crippen molar-refractivity contribution in [2.24, 2.45) is 0 Å². The fourth-order valence-electron chi connectivity index (χ4n) is 2.80. The van der Waals surface area contributed by atoms with E-state index in [-0.39, 0.29) is 5.91 Å².